The number of amides is 2. The van der Waals surface area contributed by atoms with Crippen LogP contribution in [0.1, 0.15) is 34.1 Å². The lowest BCUT2D eigenvalue weighted by atomic mass is 10.1. The van der Waals surface area contributed by atoms with E-state index in [9.17, 15) is 24.3 Å². The van der Waals surface area contributed by atoms with Crippen molar-refractivity contribution in [2.24, 2.45) is 0 Å². The summed E-state index contributed by atoms with van der Waals surface area (Å²) in [7, 11) is 0. The van der Waals surface area contributed by atoms with E-state index in [1.54, 1.807) is 19.1 Å². The van der Waals surface area contributed by atoms with Crippen LogP contribution in [0.2, 0.25) is 0 Å². The number of aromatic hydroxyl groups is 1. The number of rotatable bonds is 7. The highest BCUT2D eigenvalue weighted by Gasteiger charge is 2.11. The predicted octanol–water partition coefficient (Wildman–Crippen LogP) is 0.965. The van der Waals surface area contributed by atoms with E-state index >= 15 is 0 Å². The van der Waals surface area contributed by atoms with Gasteiger partial charge in [-0.05, 0) is 49.7 Å². The third-order valence-corrected chi connectivity index (χ3v) is 4.59. The summed E-state index contributed by atoms with van der Waals surface area (Å²) in [5, 5.41) is 15.2. The molecular formula is C21H22N4O5. The lowest BCUT2D eigenvalue weighted by Gasteiger charge is -2.08. The zero-order chi connectivity index (χ0) is 21.7. The number of hydrogen-bond acceptors (Lipinski definition) is 5. The molecule has 1 aromatic heterocycles. The first kappa shape index (κ1) is 20.8. The summed E-state index contributed by atoms with van der Waals surface area (Å²) in [6.45, 7) is 2.63. The van der Waals surface area contributed by atoms with E-state index < -0.39 is 11.2 Å². The minimum atomic E-state index is -0.518. The fourth-order valence-corrected chi connectivity index (χ4v) is 3.03. The second kappa shape index (κ2) is 9.08. The molecule has 30 heavy (non-hydrogen) atoms. The molecule has 0 aliphatic heterocycles. The Kier molecular flexibility index (Phi) is 6.31. The number of aromatic nitrogens is 2. The fraction of sp³-hybridized carbons (Fsp3) is 0.238. The Morgan fingerprint density at radius 3 is 2.30 bits per heavy atom. The van der Waals surface area contributed by atoms with Gasteiger partial charge in [0.2, 0.25) is 0 Å². The van der Waals surface area contributed by atoms with Crippen LogP contribution in [0.3, 0.4) is 0 Å². The molecule has 2 aromatic carbocycles. The molecule has 0 fully saturated rings. The van der Waals surface area contributed by atoms with E-state index in [1.807, 2.05) is 0 Å². The molecular weight excluding hydrogens is 388 g/mol. The van der Waals surface area contributed by atoms with Gasteiger partial charge in [-0.2, -0.15) is 0 Å². The average Bonchev–Trinajstić information content (AvgIpc) is 2.73. The van der Waals surface area contributed by atoms with Crippen LogP contribution in [0.4, 0.5) is 0 Å². The summed E-state index contributed by atoms with van der Waals surface area (Å²) in [5.41, 5.74) is 0.0587. The van der Waals surface area contributed by atoms with Gasteiger partial charge in [-0.3, -0.25) is 19.0 Å². The van der Waals surface area contributed by atoms with Crippen molar-refractivity contribution in [3.63, 3.8) is 0 Å². The molecule has 2 amide bonds. The quantitative estimate of drug-likeness (QED) is 0.431. The van der Waals surface area contributed by atoms with Gasteiger partial charge in [-0.15, -0.1) is 0 Å². The van der Waals surface area contributed by atoms with Crippen LogP contribution in [0.5, 0.6) is 5.75 Å². The number of carbonyl (C=O) groups excluding carboxylic acids is 2. The number of carbonyl (C=O) groups is 2. The highest BCUT2D eigenvalue weighted by atomic mass is 16.3. The number of nitrogens with one attached hydrogen (secondary N) is 3. The van der Waals surface area contributed by atoms with Crippen LogP contribution < -0.4 is 21.9 Å². The van der Waals surface area contributed by atoms with E-state index in [-0.39, 0.29) is 24.1 Å². The SMILES string of the molecule is CCn1c(=O)[nH]c2cc(C(=O)NCCCNC(=O)c3cccc(O)c3)ccc2c1=O. The summed E-state index contributed by atoms with van der Waals surface area (Å²) in [4.78, 5) is 51.1. The number of benzene rings is 2. The third-order valence-electron chi connectivity index (χ3n) is 4.59. The molecule has 3 aromatic rings. The average molecular weight is 410 g/mol. The third kappa shape index (κ3) is 4.57. The Morgan fingerprint density at radius 1 is 1.00 bits per heavy atom. The van der Waals surface area contributed by atoms with Crippen molar-refractivity contribution in [3.8, 4) is 5.75 Å². The van der Waals surface area contributed by atoms with Gasteiger partial charge in [0.25, 0.3) is 17.4 Å². The molecule has 0 radical (unpaired) electrons. The molecule has 0 aliphatic carbocycles. The molecule has 0 aliphatic rings. The molecule has 9 nitrogen and oxygen atoms in total. The maximum atomic E-state index is 12.3. The van der Waals surface area contributed by atoms with Gasteiger partial charge < -0.3 is 20.7 Å². The van der Waals surface area contributed by atoms with Crippen LogP contribution in [0.15, 0.2) is 52.1 Å². The van der Waals surface area contributed by atoms with Crippen molar-refractivity contribution in [1.82, 2.24) is 20.2 Å². The second-order valence-electron chi connectivity index (χ2n) is 6.66. The number of fused-ring (bicyclic) bond motifs is 1. The van der Waals surface area contributed by atoms with Crippen molar-refractivity contribution < 1.29 is 14.7 Å². The lowest BCUT2D eigenvalue weighted by molar-refractivity contribution is 0.0951. The van der Waals surface area contributed by atoms with Crippen LogP contribution in [-0.2, 0) is 6.54 Å². The Balaban J connectivity index is 1.55. The molecule has 0 saturated heterocycles. The van der Waals surface area contributed by atoms with E-state index in [1.165, 1.54) is 30.3 Å². The summed E-state index contributed by atoms with van der Waals surface area (Å²) >= 11 is 0. The lowest BCUT2D eigenvalue weighted by Crippen LogP contribution is -2.34. The first-order valence-corrected chi connectivity index (χ1v) is 9.53. The molecule has 0 saturated carbocycles. The number of phenolic OH excluding ortho intramolecular Hbond substituents is 1. The van der Waals surface area contributed by atoms with Crippen LogP contribution in [0.25, 0.3) is 10.9 Å². The van der Waals surface area contributed by atoms with Crippen molar-refractivity contribution in [2.45, 2.75) is 19.9 Å². The molecule has 0 unspecified atom stereocenters. The standard InChI is InChI=1S/C21H22N4O5/c1-2-25-20(29)16-8-7-14(12-17(16)24-21(25)30)19(28)23-10-4-9-22-18(27)13-5-3-6-15(26)11-13/h3,5-8,11-12,26H,2,4,9-10H2,1H3,(H,22,27)(H,23,28)(H,24,30). The highest BCUT2D eigenvalue weighted by Crippen LogP contribution is 2.11. The molecule has 1 heterocycles. The Morgan fingerprint density at radius 2 is 1.67 bits per heavy atom. The normalized spacial score (nSPS) is 10.7. The molecule has 3 rings (SSSR count). The molecule has 4 N–H and O–H groups in total. The van der Waals surface area contributed by atoms with Gasteiger partial charge in [-0.25, -0.2) is 4.79 Å². The molecule has 0 atom stereocenters. The van der Waals surface area contributed by atoms with Gasteiger partial charge in [0.1, 0.15) is 5.75 Å². The van der Waals surface area contributed by atoms with Gasteiger partial charge in [-0.1, -0.05) is 6.07 Å². The van der Waals surface area contributed by atoms with Crippen molar-refractivity contribution >= 4 is 22.7 Å². The smallest absolute Gasteiger partial charge is 0.328 e. The Labute approximate surface area is 171 Å². The number of aromatic amines is 1. The summed E-state index contributed by atoms with van der Waals surface area (Å²) < 4.78 is 1.09. The van der Waals surface area contributed by atoms with Gasteiger partial charge >= 0.3 is 5.69 Å². The minimum absolute atomic E-state index is 0.0141. The number of phenols is 1. The minimum Gasteiger partial charge on any atom is -0.508 e. The van der Waals surface area contributed by atoms with Crippen LogP contribution in [-0.4, -0.2) is 39.6 Å². The molecule has 156 valence electrons. The number of nitrogens with zero attached hydrogens (tertiary/aromatic N) is 1. The maximum Gasteiger partial charge on any atom is 0.328 e. The molecule has 9 heteroatoms. The van der Waals surface area contributed by atoms with Crippen LogP contribution >= 0.6 is 0 Å². The zero-order valence-electron chi connectivity index (χ0n) is 16.4. The highest BCUT2D eigenvalue weighted by molar-refractivity contribution is 5.97. The van der Waals surface area contributed by atoms with Gasteiger partial charge in [0.15, 0.2) is 0 Å². The molecule has 0 spiro atoms. The van der Waals surface area contributed by atoms with E-state index in [0.717, 1.165) is 4.57 Å². The molecule has 0 bridgehead atoms. The van der Waals surface area contributed by atoms with Crippen molar-refractivity contribution in [3.05, 3.63) is 74.4 Å². The summed E-state index contributed by atoms with van der Waals surface area (Å²) in [6, 6.07) is 10.5. The first-order valence-electron chi connectivity index (χ1n) is 9.53. The Bertz CT molecular complexity index is 1210. The Hall–Kier alpha value is -3.88. The maximum absolute atomic E-state index is 12.3. The predicted molar refractivity (Wildman–Crippen MR) is 112 cm³/mol. The summed E-state index contributed by atoms with van der Waals surface area (Å²) in [6.07, 6.45) is 0.502. The fourth-order valence-electron chi connectivity index (χ4n) is 3.03. The van der Waals surface area contributed by atoms with E-state index in [0.29, 0.717) is 41.5 Å². The topological polar surface area (TPSA) is 133 Å². The largest absolute Gasteiger partial charge is 0.508 e. The second-order valence-corrected chi connectivity index (χ2v) is 6.66. The van der Waals surface area contributed by atoms with Crippen molar-refractivity contribution in [2.75, 3.05) is 13.1 Å². The monoisotopic (exact) mass is 410 g/mol. The van der Waals surface area contributed by atoms with Gasteiger partial charge in [0.05, 0.1) is 10.9 Å². The number of hydrogen-bond donors (Lipinski definition) is 4. The summed E-state index contributed by atoms with van der Waals surface area (Å²) in [5.74, 6) is -0.648. The van der Waals surface area contributed by atoms with Gasteiger partial charge in [0, 0.05) is 30.8 Å². The van der Waals surface area contributed by atoms with E-state index in [2.05, 4.69) is 15.6 Å². The number of H-pyrrole nitrogens is 1. The zero-order valence-corrected chi connectivity index (χ0v) is 16.4. The van der Waals surface area contributed by atoms with Crippen LogP contribution in [0, 0.1) is 0 Å². The first-order chi connectivity index (χ1) is 14.4. The van der Waals surface area contributed by atoms with E-state index in [4.69, 9.17) is 0 Å². The van der Waals surface area contributed by atoms with Crippen molar-refractivity contribution in [1.29, 1.82) is 0 Å².